The fourth-order valence-electron chi connectivity index (χ4n) is 2.49. The van der Waals surface area contributed by atoms with Crippen LogP contribution in [-0.2, 0) is 0 Å². The molecule has 0 atom stereocenters. The van der Waals surface area contributed by atoms with Crippen molar-refractivity contribution in [3.8, 4) is 5.75 Å². The molecule has 0 amide bonds. The van der Waals surface area contributed by atoms with E-state index in [1.54, 1.807) is 4.68 Å². The zero-order valence-electron chi connectivity index (χ0n) is 12.5. The predicted octanol–water partition coefficient (Wildman–Crippen LogP) is 1.37. The largest absolute Gasteiger partial charge is 0.503 e. The van der Waals surface area contributed by atoms with E-state index in [1.807, 2.05) is 16.8 Å². The number of aromatic nitrogens is 1. The third-order valence-electron chi connectivity index (χ3n) is 3.76. The third-order valence-corrected chi connectivity index (χ3v) is 3.76. The number of aromatic hydroxyl groups is 1. The lowest BCUT2D eigenvalue weighted by molar-refractivity contribution is 0.112. The smallest absolute Gasteiger partial charge is 0.234 e. The van der Waals surface area contributed by atoms with Crippen LogP contribution < -0.4 is 10.4 Å². The highest BCUT2D eigenvalue weighted by molar-refractivity contribution is 5.77. The van der Waals surface area contributed by atoms with Gasteiger partial charge in [-0.25, -0.2) is 0 Å². The van der Waals surface area contributed by atoms with Crippen LogP contribution in [0.4, 0.5) is 0 Å². The van der Waals surface area contributed by atoms with E-state index in [9.17, 15) is 14.7 Å². The number of carbonyl (C=O) groups is 1. The van der Waals surface area contributed by atoms with Crippen molar-refractivity contribution in [2.75, 3.05) is 24.8 Å². The minimum atomic E-state index is -0.647. The Bertz CT molecular complexity index is 621. The number of hydrogen-bond donors (Lipinski definition) is 1. The van der Waals surface area contributed by atoms with Gasteiger partial charge in [0, 0.05) is 19.3 Å². The Morgan fingerprint density at radius 3 is 2.71 bits per heavy atom. The molecule has 2 heterocycles. The van der Waals surface area contributed by atoms with Gasteiger partial charge in [0.25, 0.3) is 0 Å². The molecule has 0 bridgehead atoms. The van der Waals surface area contributed by atoms with E-state index in [0.717, 1.165) is 25.9 Å². The van der Waals surface area contributed by atoms with E-state index < -0.39 is 11.2 Å². The summed E-state index contributed by atoms with van der Waals surface area (Å²) in [7, 11) is 0. The van der Waals surface area contributed by atoms with Crippen LogP contribution in [0.25, 0.3) is 5.70 Å². The summed E-state index contributed by atoms with van der Waals surface area (Å²) in [5, 5.41) is 12.2. The second-order valence-corrected chi connectivity index (χ2v) is 5.10. The summed E-state index contributed by atoms with van der Waals surface area (Å²) in [5.74, 6) is -0.413. The van der Waals surface area contributed by atoms with Gasteiger partial charge >= 0.3 is 0 Å². The maximum Gasteiger partial charge on any atom is 0.234 e. The van der Waals surface area contributed by atoms with Crippen molar-refractivity contribution in [3.05, 3.63) is 34.3 Å². The van der Waals surface area contributed by atoms with Gasteiger partial charge in [0.05, 0.1) is 11.3 Å². The summed E-state index contributed by atoms with van der Waals surface area (Å²) in [4.78, 5) is 25.0. The summed E-state index contributed by atoms with van der Waals surface area (Å²) >= 11 is 0. The van der Waals surface area contributed by atoms with Gasteiger partial charge in [-0.15, -0.1) is 0 Å². The molecule has 0 aliphatic carbocycles. The summed E-state index contributed by atoms with van der Waals surface area (Å²) in [6, 6.07) is 0. The van der Waals surface area contributed by atoms with Crippen molar-refractivity contribution in [2.24, 2.45) is 0 Å². The molecular weight excluding hydrogens is 270 g/mol. The van der Waals surface area contributed by atoms with Crippen molar-refractivity contribution in [3.63, 3.8) is 0 Å². The molecule has 0 aromatic carbocycles. The van der Waals surface area contributed by atoms with Crippen LogP contribution in [0, 0.1) is 0 Å². The summed E-state index contributed by atoms with van der Waals surface area (Å²) in [6.45, 7) is 10.2. The first-order valence-corrected chi connectivity index (χ1v) is 7.18. The van der Waals surface area contributed by atoms with E-state index in [1.165, 1.54) is 6.20 Å². The second-order valence-electron chi connectivity index (χ2n) is 5.10. The molecule has 6 nitrogen and oxygen atoms in total. The number of unbranched alkanes of at least 4 members (excludes halogenated alkanes) is 1. The summed E-state index contributed by atoms with van der Waals surface area (Å²) < 4.78 is 1.69. The van der Waals surface area contributed by atoms with Gasteiger partial charge in [0.15, 0.2) is 12.0 Å². The molecule has 0 radical (unpaired) electrons. The van der Waals surface area contributed by atoms with Crippen LogP contribution in [0.15, 0.2) is 17.6 Å². The molecule has 0 fully saturated rings. The van der Waals surface area contributed by atoms with E-state index in [0.29, 0.717) is 24.3 Å². The number of carbonyl (C=O) groups excluding carboxylic acids is 1. The normalized spacial score (nSPS) is 14.3. The number of rotatable bonds is 5. The molecule has 21 heavy (non-hydrogen) atoms. The third kappa shape index (κ3) is 2.53. The van der Waals surface area contributed by atoms with Crippen molar-refractivity contribution < 1.29 is 9.90 Å². The molecule has 114 valence electrons. The van der Waals surface area contributed by atoms with Crippen LogP contribution in [0.2, 0.25) is 0 Å². The van der Waals surface area contributed by atoms with E-state index in [-0.39, 0.29) is 5.56 Å². The Morgan fingerprint density at radius 1 is 1.43 bits per heavy atom. The van der Waals surface area contributed by atoms with Crippen LogP contribution in [0.3, 0.4) is 0 Å². The first-order valence-electron chi connectivity index (χ1n) is 7.18. The van der Waals surface area contributed by atoms with Gasteiger partial charge in [-0.2, -0.15) is 0 Å². The number of nitrogens with zero attached hydrogens (tertiary/aromatic N) is 3. The topological polar surface area (TPSA) is 65.8 Å². The number of hydrogen-bond acceptors (Lipinski definition) is 5. The first kappa shape index (κ1) is 15.2. The molecule has 0 saturated carbocycles. The highest BCUT2D eigenvalue weighted by Crippen LogP contribution is 2.28. The molecule has 0 spiro atoms. The van der Waals surface area contributed by atoms with E-state index in [2.05, 4.69) is 13.5 Å². The molecule has 0 saturated heterocycles. The van der Waals surface area contributed by atoms with Gasteiger partial charge in [-0.3, -0.25) is 19.3 Å². The number of aldehydes is 1. The minimum Gasteiger partial charge on any atom is -0.503 e. The standard InChI is InChI=1S/C15H21N3O3/c1-4-6-7-17-10-16(5-2)11(3)13-15(21)14(20)12(9-19)8-18(13)17/h8-9,21H,3-7,10H2,1-2H3. The molecule has 2 rings (SSSR count). The zero-order valence-corrected chi connectivity index (χ0v) is 12.5. The van der Waals surface area contributed by atoms with E-state index in [4.69, 9.17) is 0 Å². The first-order chi connectivity index (χ1) is 10.0. The Kier molecular flexibility index (Phi) is 4.35. The minimum absolute atomic E-state index is 0.0458. The number of fused-ring (bicyclic) bond motifs is 1. The summed E-state index contributed by atoms with van der Waals surface area (Å²) in [5.41, 5.74) is 0.272. The molecule has 1 N–H and O–H groups in total. The molecule has 0 unspecified atom stereocenters. The highest BCUT2D eigenvalue weighted by atomic mass is 16.3. The average molecular weight is 291 g/mol. The van der Waals surface area contributed by atoms with Crippen LogP contribution in [0.1, 0.15) is 42.7 Å². The lowest BCUT2D eigenvalue weighted by atomic mass is 10.1. The molecule has 1 aromatic heterocycles. The Morgan fingerprint density at radius 2 is 2.14 bits per heavy atom. The molecule has 1 aliphatic heterocycles. The SMILES string of the molecule is C=C1c2c(O)c(=O)c(C=O)cn2N(CCCC)CN1CC. The van der Waals surface area contributed by atoms with Gasteiger partial charge in [-0.1, -0.05) is 19.9 Å². The second kappa shape index (κ2) is 6.03. The van der Waals surface area contributed by atoms with Crippen LogP contribution in [-0.4, -0.2) is 40.7 Å². The van der Waals surface area contributed by atoms with Crippen LogP contribution in [0.5, 0.6) is 5.75 Å². The van der Waals surface area contributed by atoms with Crippen molar-refractivity contribution in [1.29, 1.82) is 0 Å². The molecular formula is C15H21N3O3. The molecule has 6 heteroatoms. The quantitative estimate of drug-likeness (QED) is 0.830. The number of pyridine rings is 1. The van der Waals surface area contributed by atoms with Crippen molar-refractivity contribution in [2.45, 2.75) is 26.7 Å². The lowest BCUT2D eigenvalue weighted by Gasteiger charge is -2.42. The van der Waals surface area contributed by atoms with Gasteiger partial charge in [0.1, 0.15) is 12.4 Å². The monoisotopic (exact) mass is 291 g/mol. The Labute approximate surface area is 123 Å². The van der Waals surface area contributed by atoms with Gasteiger partial charge in [0.2, 0.25) is 5.43 Å². The zero-order chi connectivity index (χ0) is 15.6. The van der Waals surface area contributed by atoms with Crippen LogP contribution >= 0.6 is 0 Å². The van der Waals surface area contributed by atoms with Gasteiger partial charge < -0.3 is 10.0 Å². The fraction of sp³-hybridized carbons (Fsp3) is 0.467. The highest BCUT2D eigenvalue weighted by Gasteiger charge is 2.28. The average Bonchev–Trinajstić information content (AvgIpc) is 2.49. The lowest BCUT2D eigenvalue weighted by Crippen LogP contribution is -2.50. The maximum absolute atomic E-state index is 12.0. The summed E-state index contributed by atoms with van der Waals surface area (Å²) in [6.07, 6.45) is 3.97. The molecule has 1 aliphatic rings. The maximum atomic E-state index is 12.0. The predicted molar refractivity (Wildman–Crippen MR) is 82.0 cm³/mol. The molecule has 1 aromatic rings. The fourth-order valence-corrected chi connectivity index (χ4v) is 2.49. The van der Waals surface area contributed by atoms with Crippen molar-refractivity contribution >= 4 is 12.0 Å². The van der Waals surface area contributed by atoms with E-state index >= 15 is 0 Å². The van der Waals surface area contributed by atoms with Crippen molar-refractivity contribution in [1.82, 2.24) is 9.58 Å². The Balaban J connectivity index is 2.60. The Hall–Kier alpha value is -2.24. The van der Waals surface area contributed by atoms with Gasteiger partial charge in [-0.05, 0) is 13.3 Å².